The maximum absolute atomic E-state index is 10.7. The van der Waals surface area contributed by atoms with E-state index in [-0.39, 0.29) is 6.54 Å². The molecule has 1 aliphatic rings. The van der Waals surface area contributed by atoms with Crippen molar-refractivity contribution in [1.29, 1.82) is 0 Å². The zero-order valence-electron chi connectivity index (χ0n) is 8.39. The van der Waals surface area contributed by atoms with Gasteiger partial charge in [-0.15, -0.1) is 0 Å². The minimum Gasteiger partial charge on any atom is -0.462 e. The fourth-order valence-corrected chi connectivity index (χ4v) is 1.34. The Morgan fingerprint density at radius 2 is 2.00 bits per heavy atom. The summed E-state index contributed by atoms with van der Waals surface area (Å²) in [5.41, 5.74) is 4.97. The van der Waals surface area contributed by atoms with Gasteiger partial charge in [-0.2, -0.15) is 0 Å². The summed E-state index contributed by atoms with van der Waals surface area (Å²) in [6.45, 7) is -0.761. The van der Waals surface area contributed by atoms with Crippen molar-refractivity contribution in [2.45, 2.75) is 30.7 Å². The highest BCUT2D eigenvalue weighted by Gasteiger charge is 2.45. The summed E-state index contributed by atoms with van der Waals surface area (Å²) in [6.07, 6.45) is -7.07. The second kappa shape index (κ2) is 5.53. The average Bonchev–Trinajstić information content (AvgIpc) is 2.53. The maximum Gasteiger partial charge on any atom is 0.319 e. The van der Waals surface area contributed by atoms with Gasteiger partial charge in [0.15, 0.2) is 6.29 Å². The smallest absolute Gasteiger partial charge is 0.319 e. The van der Waals surface area contributed by atoms with Crippen LogP contribution >= 0.6 is 0 Å². The van der Waals surface area contributed by atoms with Gasteiger partial charge in [-0.3, -0.25) is 4.79 Å². The van der Waals surface area contributed by atoms with Crippen molar-refractivity contribution in [3.63, 3.8) is 0 Å². The standard InChI is InChI=1S/C8H15NO7/c9-1-4(11)15-2-3(10)7-5(12)6(13)8(14)16-7/h3,5-8,10,12-14H,1-2,9H2/t3-,5?,6?,7?,8?/m1/s1. The van der Waals surface area contributed by atoms with Crippen molar-refractivity contribution in [3.05, 3.63) is 0 Å². The van der Waals surface area contributed by atoms with Gasteiger partial charge >= 0.3 is 5.97 Å². The zero-order chi connectivity index (χ0) is 12.3. The lowest BCUT2D eigenvalue weighted by atomic mass is 10.1. The van der Waals surface area contributed by atoms with Crippen LogP contribution in [0.1, 0.15) is 0 Å². The molecule has 0 bridgehead atoms. The Balaban J connectivity index is 2.43. The molecule has 1 rings (SSSR count). The lowest BCUT2D eigenvalue weighted by Crippen LogP contribution is -2.41. The highest BCUT2D eigenvalue weighted by Crippen LogP contribution is 2.22. The first-order valence-electron chi connectivity index (χ1n) is 4.70. The fraction of sp³-hybridized carbons (Fsp3) is 0.875. The number of carbonyl (C=O) groups excluding carboxylic acids is 1. The van der Waals surface area contributed by atoms with E-state index in [2.05, 4.69) is 4.74 Å². The normalized spacial score (nSPS) is 36.1. The maximum atomic E-state index is 10.7. The van der Waals surface area contributed by atoms with E-state index < -0.39 is 43.3 Å². The number of aliphatic hydroxyl groups excluding tert-OH is 4. The van der Waals surface area contributed by atoms with Gasteiger partial charge in [0.05, 0.1) is 6.54 Å². The van der Waals surface area contributed by atoms with E-state index >= 15 is 0 Å². The Labute approximate surface area is 91.2 Å². The second-order valence-electron chi connectivity index (χ2n) is 3.43. The van der Waals surface area contributed by atoms with Crippen LogP contribution in [0.15, 0.2) is 0 Å². The predicted molar refractivity (Wildman–Crippen MR) is 48.9 cm³/mol. The molecule has 0 saturated carbocycles. The highest BCUT2D eigenvalue weighted by atomic mass is 16.7. The van der Waals surface area contributed by atoms with Gasteiger partial charge in [0.25, 0.3) is 0 Å². The van der Waals surface area contributed by atoms with Crippen LogP contribution in [0, 0.1) is 0 Å². The summed E-state index contributed by atoms with van der Waals surface area (Å²) in [4.78, 5) is 10.7. The van der Waals surface area contributed by atoms with Crippen LogP contribution in [0.25, 0.3) is 0 Å². The molecule has 6 N–H and O–H groups in total. The monoisotopic (exact) mass is 237 g/mol. The van der Waals surface area contributed by atoms with Gasteiger partial charge in [0, 0.05) is 0 Å². The second-order valence-corrected chi connectivity index (χ2v) is 3.43. The Morgan fingerprint density at radius 3 is 2.44 bits per heavy atom. The van der Waals surface area contributed by atoms with Gasteiger partial charge < -0.3 is 35.6 Å². The third-order valence-electron chi connectivity index (χ3n) is 2.24. The third-order valence-corrected chi connectivity index (χ3v) is 2.24. The molecule has 0 aromatic rings. The Bertz CT molecular complexity index is 249. The quantitative estimate of drug-likeness (QED) is 0.314. The van der Waals surface area contributed by atoms with E-state index in [1.807, 2.05) is 0 Å². The molecule has 0 radical (unpaired) electrons. The van der Waals surface area contributed by atoms with Gasteiger partial charge in [0.2, 0.25) is 0 Å². The summed E-state index contributed by atoms with van der Waals surface area (Å²) >= 11 is 0. The molecular weight excluding hydrogens is 222 g/mol. The largest absolute Gasteiger partial charge is 0.462 e. The number of hydrogen-bond donors (Lipinski definition) is 5. The molecule has 94 valence electrons. The number of aliphatic hydroxyl groups is 4. The molecule has 0 spiro atoms. The minimum absolute atomic E-state index is 0.327. The van der Waals surface area contributed by atoms with Crippen molar-refractivity contribution in [1.82, 2.24) is 0 Å². The first-order chi connectivity index (χ1) is 7.47. The van der Waals surface area contributed by atoms with Crippen LogP contribution < -0.4 is 5.73 Å². The topological polar surface area (TPSA) is 142 Å². The summed E-state index contributed by atoms with van der Waals surface area (Å²) < 4.78 is 9.21. The molecule has 1 fully saturated rings. The van der Waals surface area contributed by atoms with Crippen LogP contribution in [-0.2, 0) is 14.3 Å². The SMILES string of the molecule is NCC(=O)OC[C@@H](O)C1OC(O)C(O)C1O. The molecule has 8 nitrogen and oxygen atoms in total. The average molecular weight is 237 g/mol. The van der Waals surface area contributed by atoms with Gasteiger partial charge in [0.1, 0.15) is 31.0 Å². The summed E-state index contributed by atoms with van der Waals surface area (Å²) in [5.74, 6) is -0.715. The van der Waals surface area contributed by atoms with Crippen molar-refractivity contribution < 1.29 is 34.7 Å². The van der Waals surface area contributed by atoms with Crippen molar-refractivity contribution in [2.24, 2.45) is 5.73 Å². The Hall–Kier alpha value is -0.770. The number of hydrogen-bond acceptors (Lipinski definition) is 8. The molecule has 1 saturated heterocycles. The van der Waals surface area contributed by atoms with Gasteiger partial charge in [-0.25, -0.2) is 0 Å². The Kier molecular flexibility index (Phi) is 4.59. The molecule has 4 unspecified atom stereocenters. The van der Waals surface area contributed by atoms with E-state index in [9.17, 15) is 15.0 Å². The summed E-state index contributed by atoms with van der Waals surface area (Å²) in [6, 6.07) is 0. The van der Waals surface area contributed by atoms with Crippen molar-refractivity contribution >= 4 is 5.97 Å². The van der Waals surface area contributed by atoms with Gasteiger partial charge in [-0.1, -0.05) is 0 Å². The third kappa shape index (κ3) is 2.88. The molecule has 1 heterocycles. The molecular formula is C8H15NO7. The Morgan fingerprint density at radius 1 is 1.38 bits per heavy atom. The highest BCUT2D eigenvalue weighted by molar-refractivity contribution is 5.71. The van der Waals surface area contributed by atoms with Crippen LogP contribution in [0.2, 0.25) is 0 Å². The number of ether oxygens (including phenoxy) is 2. The molecule has 0 amide bonds. The number of esters is 1. The fourth-order valence-electron chi connectivity index (χ4n) is 1.34. The summed E-state index contributed by atoms with van der Waals surface area (Å²) in [5, 5.41) is 37.0. The number of nitrogens with two attached hydrogens (primary N) is 1. The molecule has 0 aromatic heterocycles. The van der Waals surface area contributed by atoms with Crippen LogP contribution in [0.3, 0.4) is 0 Å². The predicted octanol–water partition coefficient (Wildman–Crippen LogP) is -3.71. The molecule has 1 aliphatic heterocycles. The zero-order valence-corrected chi connectivity index (χ0v) is 8.39. The lowest BCUT2D eigenvalue weighted by molar-refractivity contribution is -0.162. The van der Waals surface area contributed by atoms with E-state index in [0.717, 1.165) is 0 Å². The number of carbonyl (C=O) groups is 1. The van der Waals surface area contributed by atoms with Crippen LogP contribution in [-0.4, -0.2) is 70.3 Å². The molecule has 8 heteroatoms. The van der Waals surface area contributed by atoms with Crippen LogP contribution in [0.5, 0.6) is 0 Å². The minimum atomic E-state index is -1.57. The van der Waals surface area contributed by atoms with E-state index in [4.69, 9.17) is 20.7 Å². The lowest BCUT2D eigenvalue weighted by Gasteiger charge is -2.20. The first-order valence-corrected chi connectivity index (χ1v) is 4.70. The van der Waals surface area contributed by atoms with Gasteiger partial charge in [-0.05, 0) is 0 Å². The molecule has 0 aliphatic carbocycles. The van der Waals surface area contributed by atoms with E-state index in [1.54, 1.807) is 0 Å². The number of rotatable bonds is 4. The molecule has 5 atom stereocenters. The van der Waals surface area contributed by atoms with Crippen LogP contribution in [0.4, 0.5) is 0 Å². The molecule has 0 aromatic carbocycles. The van der Waals surface area contributed by atoms with Crippen molar-refractivity contribution in [2.75, 3.05) is 13.2 Å². The molecule has 16 heavy (non-hydrogen) atoms. The van der Waals surface area contributed by atoms with E-state index in [0.29, 0.717) is 0 Å². The first kappa shape index (κ1) is 13.3. The summed E-state index contributed by atoms with van der Waals surface area (Å²) in [7, 11) is 0. The van der Waals surface area contributed by atoms with Crippen molar-refractivity contribution in [3.8, 4) is 0 Å². The van der Waals surface area contributed by atoms with E-state index in [1.165, 1.54) is 0 Å².